The van der Waals surface area contributed by atoms with Crippen molar-refractivity contribution in [2.45, 2.75) is 20.0 Å². The van der Waals surface area contributed by atoms with Gasteiger partial charge in [-0.15, -0.1) is 0 Å². The lowest BCUT2D eigenvalue weighted by Crippen LogP contribution is -2.32. The van der Waals surface area contributed by atoms with Crippen LogP contribution in [0.1, 0.15) is 19.4 Å². The van der Waals surface area contributed by atoms with Crippen LogP contribution in [-0.4, -0.2) is 17.6 Å². The Labute approximate surface area is 116 Å². The molecule has 0 aliphatic carbocycles. The molecule has 0 amide bonds. The van der Waals surface area contributed by atoms with E-state index in [1.807, 2.05) is 0 Å². The summed E-state index contributed by atoms with van der Waals surface area (Å²) in [5, 5.41) is 11.5. The molecule has 0 aliphatic rings. The topological polar surface area (TPSA) is 49.3 Å². The highest BCUT2D eigenvalue weighted by Gasteiger charge is 2.34. The zero-order chi connectivity index (χ0) is 14.8. The number of halogens is 4. The van der Waals surface area contributed by atoms with Crippen molar-refractivity contribution in [3.05, 3.63) is 28.2 Å². The lowest BCUT2D eigenvalue weighted by molar-refractivity contribution is -0.146. The standard InChI is InChI=1S/C12H13BrF3NO2/c1-11(2,10(18)19)6-17-9-5-7(13)3-4-8(9)12(14,15)16/h3-5,17H,6H2,1-2H3,(H,18,19). The molecule has 106 valence electrons. The Morgan fingerprint density at radius 2 is 1.95 bits per heavy atom. The average molecular weight is 340 g/mol. The highest BCUT2D eigenvalue weighted by atomic mass is 79.9. The fraction of sp³-hybridized carbons (Fsp3) is 0.417. The number of benzene rings is 1. The third-order valence-electron chi connectivity index (χ3n) is 2.59. The van der Waals surface area contributed by atoms with E-state index < -0.39 is 23.1 Å². The summed E-state index contributed by atoms with van der Waals surface area (Å²) in [6.45, 7) is 2.77. The Bertz CT molecular complexity index is 486. The fourth-order valence-electron chi connectivity index (χ4n) is 1.30. The van der Waals surface area contributed by atoms with Crippen LogP contribution in [0.4, 0.5) is 18.9 Å². The van der Waals surface area contributed by atoms with E-state index in [0.717, 1.165) is 6.07 Å². The Hall–Kier alpha value is -1.24. The highest BCUT2D eigenvalue weighted by Crippen LogP contribution is 2.36. The van der Waals surface area contributed by atoms with Gasteiger partial charge in [-0.05, 0) is 32.0 Å². The van der Waals surface area contributed by atoms with Crippen LogP contribution in [0, 0.1) is 5.41 Å². The zero-order valence-electron chi connectivity index (χ0n) is 10.3. The van der Waals surface area contributed by atoms with E-state index in [9.17, 15) is 18.0 Å². The van der Waals surface area contributed by atoms with E-state index in [1.54, 1.807) is 0 Å². The normalized spacial score (nSPS) is 12.3. The number of carboxylic acid groups (broad SMARTS) is 1. The van der Waals surface area contributed by atoms with E-state index in [-0.39, 0.29) is 12.2 Å². The van der Waals surface area contributed by atoms with E-state index in [2.05, 4.69) is 21.2 Å². The van der Waals surface area contributed by atoms with E-state index in [4.69, 9.17) is 5.11 Å². The molecule has 0 aromatic heterocycles. The number of aliphatic carboxylic acids is 1. The van der Waals surface area contributed by atoms with Gasteiger partial charge in [0.1, 0.15) is 0 Å². The minimum atomic E-state index is -4.49. The predicted molar refractivity (Wildman–Crippen MR) is 69.1 cm³/mol. The van der Waals surface area contributed by atoms with Gasteiger partial charge in [0.2, 0.25) is 0 Å². The average Bonchev–Trinajstić information content (AvgIpc) is 2.24. The minimum Gasteiger partial charge on any atom is -0.481 e. The number of hydrogen-bond donors (Lipinski definition) is 2. The van der Waals surface area contributed by atoms with Gasteiger partial charge in [-0.2, -0.15) is 13.2 Å². The molecule has 0 heterocycles. The molecule has 0 atom stereocenters. The smallest absolute Gasteiger partial charge is 0.418 e. The van der Waals surface area contributed by atoms with Crippen LogP contribution in [0.3, 0.4) is 0 Å². The summed E-state index contributed by atoms with van der Waals surface area (Å²) in [6.07, 6.45) is -4.49. The molecule has 1 aromatic carbocycles. The van der Waals surface area contributed by atoms with Crippen molar-refractivity contribution in [3.8, 4) is 0 Å². The molecule has 3 nitrogen and oxygen atoms in total. The number of alkyl halides is 3. The van der Waals surface area contributed by atoms with Crippen molar-refractivity contribution < 1.29 is 23.1 Å². The molecule has 0 saturated carbocycles. The largest absolute Gasteiger partial charge is 0.481 e. The molecule has 19 heavy (non-hydrogen) atoms. The Morgan fingerprint density at radius 3 is 2.42 bits per heavy atom. The van der Waals surface area contributed by atoms with Crippen LogP contribution in [0.25, 0.3) is 0 Å². The number of hydrogen-bond acceptors (Lipinski definition) is 2. The summed E-state index contributed by atoms with van der Waals surface area (Å²) >= 11 is 3.09. The first kappa shape index (κ1) is 15.8. The van der Waals surface area contributed by atoms with Gasteiger partial charge in [-0.3, -0.25) is 4.79 Å². The minimum absolute atomic E-state index is 0.109. The summed E-state index contributed by atoms with van der Waals surface area (Å²) in [5.41, 5.74) is -2.13. The molecule has 2 N–H and O–H groups in total. The van der Waals surface area contributed by atoms with Crippen molar-refractivity contribution >= 4 is 27.6 Å². The molecular weight excluding hydrogens is 327 g/mol. The van der Waals surface area contributed by atoms with Gasteiger partial charge >= 0.3 is 12.1 Å². The zero-order valence-corrected chi connectivity index (χ0v) is 11.9. The SMILES string of the molecule is CC(C)(CNc1cc(Br)ccc1C(F)(F)F)C(=O)O. The molecular formula is C12H13BrF3NO2. The number of nitrogens with one attached hydrogen (secondary N) is 1. The molecule has 0 radical (unpaired) electrons. The number of anilines is 1. The summed E-state index contributed by atoms with van der Waals surface area (Å²) in [5.74, 6) is -1.08. The predicted octanol–water partition coefficient (Wildman–Crippen LogP) is 3.99. The third kappa shape index (κ3) is 4.12. The Kier molecular flexibility index (Phi) is 4.50. The molecule has 0 spiro atoms. The van der Waals surface area contributed by atoms with Crippen molar-refractivity contribution in [2.75, 3.05) is 11.9 Å². The highest BCUT2D eigenvalue weighted by molar-refractivity contribution is 9.10. The Balaban J connectivity index is 3.01. The van der Waals surface area contributed by atoms with E-state index >= 15 is 0 Å². The van der Waals surface area contributed by atoms with Gasteiger partial charge in [-0.25, -0.2) is 0 Å². The van der Waals surface area contributed by atoms with Crippen molar-refractivity contribution in [2.24, 2.45) is 5.41 Å². The van der Waals surface area contributed by atoms with Crippen LogP contribution in [-0.2, 0) is 11.0 Å². The molecule has 7 heteroatoms. The summed E-state index contributed by atoms with van der Waals surface area (Å²) in [4.78, 5) is 10.9. The quantitative estimate of drug-likeness (QED) is 0.871. The van der Waals surface area contributed by atoms with E-state index in [1.165, 1.54) is 26.0 Å². The van der Waals surface area contributed by atoms with Crippen LogP contribution in [0.2, 0.25) is 0 Å². The molecule has 1 rings (SSSR count). The number of carboxylic acids is 1. The van der Waals surface area contributed by atoms with Gasteiger partial charge in [0, 0.05) is 16.7 Å². The van der Waals surface area contributed by atoms with Crippen molar-refractivity contribution in [3.63, 3.8) is 0 Å². The molecule has 0 aliphatic heterocycles. The molecule has 1 aromatic rings. The first-order chi connectivity index (χ1) is 8.54. The molecule has 0 saturated heterocycles. The van der Waals surface area contributed by atoms with Gasteiger partial charge in [0.15, 0.2) is 0 Å². The molecule has 0 bridgehead atoms. The summed E-state index contributed by atoms with van der Waals surface area (Å²) in [7, 11) is 0. The lowest BCUT2D eigenvalue weighted by Gasteiger charge is -2.22. The third-order valence-corrected chi connectivity index (χ3v) is 3.08. The summed E-state index contributed by atoms with van der Waals surface area (Å²) in [6, 6.07) is 3.51. The first-order valence-corrected chi connectivity index (χ1v) is 6.17. The number of carbonyl (C=O) groups is 1. The maximum Gasteiger partial charge on any atom is 0.418 e. The monoisotopic (exact) mass is 339 g/mol. The van der Waals surface area contributed by atoms with Gasteiger partial charge in [0.25, 0.3) is 0 Å². The van der Waals surface area contributed by atoms with Crippen molar-refractivity contribution in [1.29, 1.82) is 0 Å². The second-order valence-corrected chi connectivity index (χ2v) is 5.65. The maximum atomic E-state index is 12.8. The fourth-order valence-corrected chi connectivity index (χ4v) is 1.66. The second kappa shape index (κ2) is 5.40. The van der Waals surface area contributed by atoms with Gasteiger partial charge in [0.05, 0.1) is 11.0 Å². The lowest BCUT2D eigenvalue weighted by atomic mass is 9.93. The maximum absolute atomic E-state index is 12.8. The molecule has 0 fully saturated rings. The van der Waals surface area contributed by atoms with E-state index in [0.29, 0.717) is 4.47 Å². The summed E-state index contributed by atoms with van der Waals surface area (Å²) < 4.78 is 38.8. The Morgan fingerprint density at radius 1 is 1.37 bits per heavy atom. The van der Waals surface area contributed by atoms with Gasteiger partial charge < -0.3 is 10.4 Å². The number of rotatable bonds is 4. The van der Waals surface area contributed by atoms with Crippen LogP contribution < -0.4 is 5.32 Å². The first-order valence-electron chi connectivity index (χ1n) is 5.38. The second-order valence-electron chi connectivity index (χ2n) is 4.73. The van der Waals surface area contributed by atoms with Crippen LogP contribution >= 0.6 is 15.9 Å². The van der Waals surface area contributed by atoms with Crippen LogP contribution in [0.15, 0.2) is 22.7 Å². The van der Waals surface area contributed by atoms with Crippen molar-refractivity contribution in [1.82, 2.24) is 0 Å². The van der Waals surface area contributed by atoms with Crippen LogP contribution in [0.5, 0.6) is 0 Å². The van der Waals surface area contributed by atoms with Gasteiger partial charge in [-0.1, -0.05) is 15.9 Å². The molecule has 0 unspecified atom stereocenters.